The van der Waals surface area contributed by atoms with E-state index in [-0.39, 0.29) is 28.1 Å². The van der Waals surface area contributed by atoms with Crippen LogP contribution in [-0.2, 0) is 4.79 Å². The van der Waals surface area contributed by atoms with E-state index in [2.05, 4.69) is 10.3 Å². The molecule has 0 spiro atoms. The molecule has 1 N–H and O–H groups in total. The molecule has 0 bridgehead atoms. The molecular formula is C19H14Cl3N3O4S. The summed E-state index contributed by atoms with van der Waals surface area (Å²) in [4.78, 5) is 27.0. The van der Waals surface area contributed by atoms with Crippen LogP contribution in [0.25, 0.3) is 11.3 Å². The van der Waals surface area contributed by atoms with Crippen molar-refractivity contribution in [1.29, 1.82) is 0 Å². The Bertz CT molecular complexity index is 1120. The van der Waals surface area contributed by atoms with Crippen LogP contribution in [0.4, 0.5) is 10.8 Å². The molecule has 0 aliphatic carbocycles. The largest absolute Gasteiger partial charge is 0.481 e. The van der Waals surface area contributed by atoms with Gasteiger partial charge in [0.15, 0.2) is 17.5 Å². The lowest BCUT2D eigenvalue weighted by Crippen LogP contribution is -2.20. The Labute approximate surface area is 190 Å². The predicted octanol–water partition coefficient (Wildman–Crippen LogP) is 6.31. The number of nitro groups is 1. The molecule has 0 atom stereocenters. The Kier molecular flexibility index (Phi) is 6.82. The van der Waals surface area contributed by atoms with Gasteiger partial charge in [-0.1, -0.05) is 46.9 Å². The number of carbonyl (C=O) groups is 1. The van der Waals surface area contributed by atoms with Gasteiger partial charge < -0.3 is 4.74 Å². The van der Waals surface area contributed by atoms with Crippen molar-refractivity contribution in [2.75, 3.05) is 11.9 Å². The Hall–Kier alpha value is -2.39. The Morgan fingerprint density at radius 1 is 1.20 bits per heavy atom. The van der Waals surface area contributed by atoms with Crippen LogP contribution in [0.15, 0.2) is 29.6 Å². The number of non-ortho nitro benzene ring substituents is 1. The van der Waals surface area contributed by atoms with E-state index in [9.17, 15) is 14.9 Å². The van der Waals surface area contributed by atoms with Gasteiger partial charge in [-0.05, 0) is 25.0 Å². The van der Waals surface area contributed by atoms with Gasteiger partial charge in [0.25, 0.3) is 11.6 Å². The minimum Gasteiger partial charge on any atom is -0.481 e. The molecule has 0 aliphatic rings. The van der Waals surface area contributed by atoms with Gasteiger partial charge >= 0.3 is 0 Å². The summed E-state index contributed by atoms with van der Waals surface area (Å²) in [5.74, 6) is -0.281. The zero-order valence-corrected chi connectivity index (χ0v) is 18.7. The van der Waals surface area contributed by atoms with Gasteiger partial charge in [0.2, 0.25) is 0 Å². The molecule has 11 heteroatoms. The first-order valence-corrected chi connectivity index (χ1v) is 10.5. The predicted molar refractivity (Wildman–Crippen MR) is 119 cm³/mol. The third kappa shape index (κ3) is 4.67. The van der Waals surface area contributed by atoms with Crippen molar-refractivity contribution >= 4 is 62.9 Å². The van der Waals surface area contributed by atoms with Gasteiger partial charge in [0.1, 0.15) is 0 Å². The summed E-state index contributed by atoms with van der Waals surface area (Å²) < 4.78 is 5.52. The summed E-state index contributed by atoms with van der Waals surface area (Å²) in [6, 6.07) is 6.08. The number of nitro benzene ring substituents is 1. The van der Waals surface area contributed by atoms with Gasteiger partial charge in [0.05, 0.1) is 20.7 Å². The van der Waals surface area contributed by atoms with Gasteiger partial charge in [-0.3, -0.25) is 20.2 Å². The molecule has 2 aromatic carbocycles. The monoisotopic (exact) mass is 485 g/mol. The molecule has 0 saturated carbocycles. The maximum absolute atomic E-state index is 12.3. The normalized spacial score (nSPS) is 10.7. The molecule has 30 heavy (non-hydrogen) atoms. The summed E-state index contributed by atoms with van der Waals surface area (Å²) >= 11 is 19.8. The number of thiazole rings is 1. The summed E-state index contributed by atoms with van der Waals surface area (Å²) in [6.45, 7) is 3.11. The number of halogens is 3. The minimum absolute atomic E-state index is 0.0400. The van der Waals surface area contributed by atoms with Crippen LogP contribution < -0.4 is 10.1 Å². The smallest absolute Gasteiger partial charge is 0.270 e. The maximum Gasteiger partial charge on any atom is 0.270 e. The van der Waals surface area contributed by atoms with Gasteiger partial charge in [-0.2, -0.15) is 0 Å². The van der Waals surface area contributed by atoms with E-state index < -0.39 is 10.8 Å². The van der Waals surface area contributed by atoms with Crippen LogP contribution in [0.2, 0.25) is 15.1 Å². The van der Waals surface area contributed by atoms with Crippen molar-refractivity contribution in [3.05, 3.63) is 66.0 Å². The van der Waals surface area contributed by atoms with Gasteiger partial charge in [0, 0.05) is 28.1 Å². The fourth-order valence-corrected chi connectivity index (χ4v) is 4.13. The van der Waals surface area contributed by atoms with Crippen molar-refractivity contribution in [2.45, 2.75) is 13.8 Å². The number of aromatic nitrogens is 1. The molecule has 3 aromatic rings. The molecule has 0 fully saturated rings. The quantitative estimate of drug-likeness (QED) is 0.325. The van der Waals surface area contributed by atoms with Gasteiger partial charge in [-0.25, -0.2) is 4.98 Å². The van der Waals surface area contributed by atoms with Crippen molar-refractivity contribution in [3.8, 4) is 17.0 Å². The highest BCUT2D eigenvalue weighted by Gasteiger charge is 2.19. The second-order valence-corrected chi connectivity index (χ2v) is 8.20. The van der Waals surface area contributed by atoms with E-state index in [0.717, 1.165) is 0 Å². The molecule has 0 unspecified atom stereocenters. The van der Waals surface area contributed by atoms with E-state index in [1.807, 2.05) is 0 Å². The number of benzene rings is 2. The third-order valence-corrected chi connectivity index (χ3v) is 6.40. The molecule has 7 nitrogen and oxygen atoms in total. The topological polar surface area (TPSA) is 94.4 Å². The zero-order valence-electron chi connectivity index (χ0n) is 15.7. The molecule has 156 valence electrons. The average Bonchev–Trinajstić information content (AvgIpc) is 3.19. The molecule has 1 aromatic heterocycles. The number of hydrogen-bond donors (Lipinski definition) is 1. The highest BCUT2D eigenvalue weighted by molar-refractivity contribution is 7.14. The number of carbonyl (C=O) groups excluding carboxylic acids is 1. The number of nitrogens with one attached hydrogen (secondary N) is 1. The number of anilines is 1. The van der Waals surface area contributed by atoms with Crippen LogP contribution in [0.3, 0.4) is 0 Å². The highest BCUT2D eigenvalue weighted by atomic mass is 35.5. The standard InChI is InChI=1S/C19H14Cl3N3O4S/c1-9-15(20)10(2)17(22)18(16(9)21)29-7-14(26)24-19-23-13(8-30-19)11-4-3-5-12(6-11)25(27)28/h3-6,8H,7H2,1-2H3,(H,23,24,26). The molecule has 1 amide bonds. The SMILES string of the molecule is Cc1c(Cl)c(C)c(Cl)c(OCC(=O)Nc2nc(-c3cccc([N+](=O)[O-])c3)cs2)c1Cl. The Morgan fingerprint density at radius 2 is 1.87 bits per heavy atom. The fourth-order valence-electron chi connectivity index (χ4n) is 2.57. The maximum atomic E-state index is 12.3. The lowest BCUT2D eigenvalue weighted by atomic mass is 10.1. The number of ether oxygens (including phenoxy) is 1. The van der Waals surface area contributed by atoms with E-state index in [1.54, 1.807) is 31.4 Å². The molecule has 0 aliphatic heterocycles. The van der Waals surface area contributed by atoms with E-state index in [1.165, 1.54) is 23.5 Å². The van der Waals surface area contributed by atoms with Crippen LogP contribution >= 0.6 is 46.1 Å². The second-order valence-electron chi connectivity index (χ2n) is 6.20. The first-order chi connectivity index (χ1) is 14.2. The minimum atomic E-state index is -0.480. The summed E-state index contributed by atoms with van der Waals surface area (Å²) in [6.07, 6.45) is 0. The zero-order chi connectivity index (χ0) is 22.0. The van der Waals surface area contributed by atoms with Crippen molar-refractivity contribution in [2.24, 2.45) is 0 Å². The molecule has 0 saturated heterocycles. The van der Waals surface area contributed by atoms with E-state index >= 15 is 0 Å². The van der Waals surface area contributed by atoms with E-state index in [0.29, 0.717) is 32.5 Å². The van der Waals surface area contributed by atoms with Crippen molar-refractivity contribution in [1.82, 2.24) is 4.98 Å². The van der Waals surface area contributed by atoms with Gasteiger partial charge in [-0.15, -0.1) is 11.3 Å². The summed E-state index contributed by atoms with van der Waals surface area (Å²) in [5.41, 5.74) is 2.26. The first kappa shape index (κ1) is 22.3. The lowest BCUT2D eigenvalue weighted by molar-refractivity contribution is -0.384. The Balaban J connectivity index is 1.69. The first-order valence-electron chi connectivity index (χ1n) is 8.45. The Morgan fingerprint density at radius 3 is 2.50 bits per heavy atom. The lowest BCUT2D eigenvalue weighted by Gasteiger charge is -2.15. The van der Waals surface area contributed by atoms with Crippen LogP contribution in [0.5, 0.6) is 5.75 Å². The van der Waals surface area contributed by atoms with Crippen molar-refractivity contribution < 1.29 is 14.5 Å². The van der Waals surface area contributed by atoms with Crippen LogP contribution in [0.1, 0.15) is 11.1 Å². The average molecular weight is 487 g/mol. The van der Waals surface area contributed by atoms with E-state index in [4.69, 9.17) is 39.5 Å². The summed E-state index contributed by atoms with van der Waals surface area (Å²) in [5, 5.41) is 16.5. The molecular weight excluding hydrogens is 473 g/mol. The van der Waals surface area contributed by atoms with Crippen molar-refractivity contribution in [3.63, 3.8) is 0 Å². The number of hydrogen-bond acceptors (Lipinski definition) is 6. The third-order valence-electron chi connectivity index (χ3n) is 4.17. The number of amides is 1. The number of nitrogens with zero attached hydrogens (tertiary/aromatic N) is 2. The highest BCUT2D eigenvalue weighted by Crippen LogP contribution is 2.42. The van der Waals surface area contributed by atoms with Crippen LogP contribution in [0, 0.1) is 24.0 Å². The molecule has 1 heterocycles. The second kappa shape index (κ2) is 9.18. The fraction of sp³-hybridized carbons (Fsp3) is 0.158. The van der Waals surface area contributed by atoms with Crippen LogP contribution in [-0.4, -0.2) is 22.4 Å². The molecule has 0 radical (unpaired) electrons. The molecule has 3 rings (SSSR count). The number of rotatable bonds is 6. The summed E-state index contributed by atoms with van der Waals surface area (Å²) in [7, 11) is 0.